The first-order valence-corrected chi connectivity index (χ1v) is 7.67. The van der Waals surface area contributed by atoms with Gasteiger partial charge < -0.3 is 10.6 Å². The molecule has 0 aliphatic carbocycles. The predicted molar refractivity (Wildman–Crippen MR) is 81.2 cm³/mol. The minimum atomic E-state index is -0.199. The third-order valence-corrected chi connectivity index (χ3v) is 4.74. The molecule has 0 radical (unpaired) electrons. The van der Waals surface area contributed by atoms with E-state index in [9.17, 15) is 4.39 Å². The number of rotatable bonds is 3. The van der Waals surface area contributed by atoms with E-state index in [4.69, 9.17) is 10.7 Å². The van der Waals surface area contributed by atoms with Gasteiger partial charge >= 0.3 is 0 Å². The molecule has 20 heavy (non-hydrogen) atoms. The monoisotopic (exact) mass is 291 g/mol. The Balaban J connectivity index is 2.02. The van der Waals surface area contributed by atoms with E-state index in [1.807, 2.05) is 6.07 Å². The minimum Gasteiger partial charge on any atom is -0.326 e. The van der Waals surface area contributed by atoms with Crippen molar-refractivity contribution in [2.75, 3.05) is 11.4 Å². The minimum absolute atomic E-state index is 0.199. The van der Waals surface area contributed by atoms with Crippen LogP contribution in [0.1, 0.15) is 35.9 Å². The van der Waals surface area contributed by atoms with E-state index in [0.29, 0.717) is 12.5 Å². The van der Waals surface area contributed by atoms with E-state index >= 15 is 0 Å². The third kappa shape index (κ3) is 2.21. The molecule has 3 nitrogen and oxygen atoms in total. The molecule has 1 aromatic carbocycles. The highest BCUT2D eigenvalue weighted by Crippen LogP contribution is 2.39. The molecule has 2 N–H and O–H groups in total. The number of aromatic nitrogens is 1. The Kier molecular flexibility index (Phi) is 3.48. The fraction of sp³-hybridized carbons (Fsp3) is 0.400. The average molecular weight is 291 g/mol. The largest absolute Gasteiger partial charge is 0.326 e. The number of anilines is 2. The predicted octanol–water partition coefficient (Wildman–Crippen LogP) is 3.56. The van der Waals surface area contributed by atoms with Crippen molar-refractivity contribution in [1.82, 2.24) is 4.98 Å². The number of benzene rings is 1. The lowest BCUT2D eigenvalue weighted by Crippen LogP contribution is -2.13. The summed E-state index contributed by atoms with van der Waals surface area (Å²) in [6.07, 6.45) is 0.935. The first-order valence-electron chi connectivity index (χ1n) is 6.85. The number of nitrogens with zero attached hydrogens (tertiary/aromatic N) is 2. The Labute approximate surface area is 122 Å². The zero-order chi connectivity index (χ0) is 14.3. The fourth-order valence-electron chi connectivity index (χ4n) is 2.61. The van der Waals surface area contributed by atoms with Gasteiger partial charge in [0.15, 0.2) is 5.13 Å². The van der Waals surface area contributed by atoms with Crippen molar-refractivity contribution in [2.24, 2.45) is 5.73 Å². The van der Waals surface area contributed by atoms with Crippen LogP contribution in [0.25, 0.3) is 0 Å². The van der Waals surface area contributed by atoms with E-state index in [-0.39, 0.29) is 5.82 Å². The summed E-state index contributed by atoms with van der Waals surface area (Å²) < 4.78 is 13.5. The highest BCUT2D eigenvalue weighted by Gasteiger charge is 2.25. The molecule has 0 fully saturated rings. The van der Waals surface area contributed by atoms with Crippen LogP contribution in [0, 0.1) is 5.82 Å². The molecule has 2 heterocycles. The van der Waals surface area contributed by atoms with Gasteiger partial charge in [0.05, 0.1) is 5.69 Å². The van der Waals surface area contributed by atoms with Crippen LogP contribution in [-0.2, 0) is 13.0 Å². The second-order valence-corrected chi connectivity index (χ2v) is 6.40. The summed E-state index contributed by atoms with van der Waals surface area (Å²) in [4.78, 5) is 7.96. The summed E-state index contributed by atoms with van der Waals surface area (Å²) in [5, 5.41) is 0.929. The summed E-state index contributed by atoms with van der Waals surface area (Å²) >= 11 is 1.62. The molecule has 3 rings (SSSR count). The van der Waals surface area contributed by atoms with Gasteiger partial charge in [0, 0.05) is 23.7 Å². The van der Waals surface area contributed by atoms with Crippen LogP contribution in [0.4, 0.5) is 15.2 Å². The summed E-state index contributed by atoms with van der Waals surface area (Å²) in [5.41, 5.74) is 9.00. The molecule has 1 aliphatic rings. The van der Waals surface area contributed by atoms with Gasteiger partial charge in [0.25, 0.3) is 0 Å². The van der Waals surface area contributed by atoms with Gasteiger partial charge in [-0.25, -0.2) is 9.37 Å². The smallest absolute Gasteiger partial charge is 0.190 e. The normalized spacial score (nSPS) is 14.2. The zero-order valence-electron chi connectivity index (χ0n) is 11.7. The van der Waals surface area contributed by atoms with Crippen molar-refractivity contribution in [2.45, 2.75) is 32.7 Å². The number of halogens is 1. The van der Waals surface area contributed by atoms with Crippen molar-refractivity contribution >= 4 is 22.2 Å². The molecule has 0 amide bonds. The Bertz CT molecular complexity index is 636. The molecule has 0 saturated carbocycles. The number of thiazole rings is 1. The molecule has 0 spiro atoms. The average Bonchev–Trinajstić information content (AvgIpc) is 3.00. The van der Waals surface area contributed by atoms with E-state index in [2.05, 4.69) is 18.7 Å². The van der Waals surface area contributed by atoms with Gasteiger partial charge in [-0.3, -0.25) is 0 Å². The maximum absolute atomic E-state index is 13.5. The standard InChI is InChI=1S/C15H18FN3S/c1-9(2)14-13(8-17)20-15(18-14)19-6-5-10-3-4-11(16)7-12(10)19/h3-4,7,9H,5-6,8,17H2,1-2H3. The van der Waals surface area contributed by atoms with Gasteiger partial charge in [-0.2, -0.15) is 0 Å². The molecule has 1 aliphatic heterocycles. The Hall–Kier alpha value is -1.46. The molecule has 0 atom stereocenters. The third-order valence-electron chi connectivity index (χ3n) is 3.62. The topological polar surface area (TPSA) is 42.2 Å². The van der Waals surface area contributed by atoms with E-state index < -0.39 is 0 Å². The molecule has 0 saturated heterocycles. The van der Waals surface area contributed by atoms with Gasteiger partial charge in [-0.15, -0.1) is 0 Å². The van der Waals surface area contributed by atoms with Gasteiger partial charge in [-0.1, -0.05) is 31.3 Å². The summed E-state index contributed by atoms with van der Waals surface area (Å²) in [5.74, 6) is 0.156. The van der Waals surface area contributed by atoms with E-state index in [0.717, 1.165) is 34.4 Å². The molecule has 2 aromatic rings. The molecule has 0 unspecified atom stereocenters. The van der Waals surface area contributed by atoms with E-state index in [1.165, 1.54) is 11.6 Å². The van der Waals surface area contributed by atoms with Gasteiger partial charge in [-0.05, 0) is 30.0 Å². The molecular weight excluding hydrogens is 273 g/mol. The zero-order valence-corrected chi connectivity index (χ0v) is 12.5. The van der Waals surface area contributed by atoms with Crippen LogP contribution in [-0.4, -0.2) is 11.5 Å². The van der Waals surface area contributed by atoms with Crippen molar-refractivity contribution in [3.05, 3.63) is 40.2 Å². The number of nitrogens with two attached hydrogens (primary N) is 1. The summed E-state index contributed by atoms with van der Waals surface area (Å²) in [7, 11) is 0. The lowest BCUT2D eigenvalue weighted by Gasteiger charge is -2.15. The lowest BCUT2D eigenvalue weighted by molar-refractivity contribution is 0.628. The number of fused-ring (bicyclic) bond motifs is 1. The maximum atomic E-state index is 13.5. The highest BCUT2D eigenvalue weighted by atomic mass is 32.1. The maximum Gasteiger partial charge on any atom is 0.190 e. The summed E-state index contributed by atoms with van der Waals surface area (Å²) in [6, 6.07) is 4.99. The van der Waals surface area contributed by atoms with Crippen molar-refractivity contribution in [3.63, 3.8) is 0 Å². The highest BCUT2D eigenvalue weighted by molar-refractivity contribution is 7.15. The van der Waals surface area contributed by atoms with Gasteiger partial charge in [0.2, 0.25) is 0 Å². The number of hydrogen-bond donors (Lipinski definition) is 1. The van der Waals surface area contributed by atoms with Crippen LogP contribution in [0.2, 0.25) is 0 Å². The lowest BCUT2D eigenvalue weighted by atomic mass is 10.1. The van der Waals surface area contributed by atoms with Crippen molar-refractivity contribution in [3.8, 4) is 0 Å². The first-order chi connectivity index (χ1) is 9.60. The van der Waals surface area contributed by atoms with Crippen LogP contribution >= 0.6 is 11.3 Å². The Morgan fingerprint density at radius 2 is 2.25 bits per heavy atom. The Morgan fingerprint density at radius 3 is 2.90 bits per heavy atom. The van der Waals surface area contributed by atoms with E-state index in [1.54, 1.807) is 17.4 Å². The quantitative estimate of drug-likeness (QED) is 0.940. The summed E-state index contributed by atoms with van der Waals surface area (Å²) in [6.45, 7) is 5.61. The van der Waals surface area contributed by atoms with Crippen LogP contribution in [0.3, 0.4) is 0 Å². The van der Waals surface area contributed by atoms with Crippen LogP contribution in [0.15, 0.2) is 18.2 Å². The molecule has 106 valence electrons. The second-order valence-electron chi connectivity index (χ2n) is 5.34. The molecule has 0 bridgehead atoms. The first kappa shape index (κ1) is 13.5. The molecule has 5 heteroatoms. The molecular formula is C15H18FN3S. The van der Waals surface area contributed by atoms with Gasteiger partial charge in [0.1, 0.15) is 5.82 Å². The SMILES string of the molecule is CC(C)c1nc(N2CCc3ccc(F)cc32)sc1CN. The number of hydrogen-bond acceptors (Lipinski definition) is 4. The Morgan fingerprint density at radius 1 is 1.45 bits per heavy atom. The van der Waals surface area contributed by atoms with Crippen LogP contribution in [0.5, 0.6) is 0 Å². The molecule has 1 aromatic heterocycles. The second kappa shape index (κ2) is 5.14. The van der Waals surface area contributed by atoms with Crippen molar-refractivity contribution < 1.29 is 4.39 Å². The van der Waals surface area contributed by atoms with Crippen molar-refractivity contribution in [1.29, 1.82) is 0 Å². The van der Waals surface area contributed by atoms with Crippen LogP contribution < -0.4 is 10.6 Å². The fourth-order valence-corrected chi connectivity index (χ4v) is 3.75.